The molecule has 2 aromatic carbocycles. The predicted molar refractivity (Wildman–Crippen MR) is 170 cm³/mol. The van der Waals surface area contributed by atoms with Crippen molar-refractivity contribution >= 4 is 29.2 Å². The van der Waals surface area contributed by atoms with Crippen LogP contribution in [0, 0.1) is 17.6 Å². The summed E-state index contributed by atoms with van der Waals surface area (Å²) in [6, 6.07) is 11.7. The number of benzene rings is 2. The standard InChI is InChI=1S/C33H34F2N4O4.C3H6/c1-4-10-43-32(3)17-27(21-11-23(34)14-24(35)12-21)39(30(41)19(32)2)18-28(40)37-25-8-7-20-15-33(16-22(20)13-25)26-6-5-9-36-29(26)38-31(33)42;1-2-3-1/h5-9,11-14,19,27H,4,10,15-18H2,1-3H3,(H,37,40)(H,36,38,42);1-3H2. The minimum absolute atomic E-state index is 0.0875. The van der Waals surface area contributed by atoms with E-state index >= 15 is 0 Å². The van der Waals surface area contributed by atoms with Crippen LogP contribution in [0.1, 0.15) is 81.2 Å². The van der Waals surface area contributed by atoms with Crippen LogP contribution in [-0.4, -0.2) is 46.4 Å². The summed E-state index contributed by atoms with van der Waals surface area (Å²) in [5, 5.41) is 5.78. The van der Waals surface area contributed by atoms with Crippen molar-refractivity contribution in [1.82, 2.24) is 9.88 Å². The lowest BCUT2D eigenvalue weighted by molar-refractivity contribution is -0.168. The van der Waals surface area contributed by atoms with Crippen molar-refractivity contribution in [3.8, 4) is 0 Å². The van der Waals surface area contributed by atoms with Gasteiger partial charge >= 0.3 is 0 Å². The van der Waals surface area contributed by atoms with E-state index in [-0.39, 0.29) is 30.3 Å². The van der Waals surface area contributed by atoms with E-state index in [1.807, 2.05) is 38.1 Å². The molecule has 46 heavy (non-hydrogen) atoms. The summed E-state index contributed by atoms with van der Waals surface area (Å²) < 4.78 is 34.7. The van der Waals surface area contributed by atoms with Crippen LogP contribution >= 0.6 is 0 Å². The van der Waals surface area contributed by atoms with E-state index in [9.17, 15) is 23.2 Å². The number of carbonyl (C=O) groups excluding carboxylic acids is 3. The van der Waals surface area contributed by atoms with E-state index in [1.165, 1.54) is 36.3 Å². The Bertz CT molecular complexity index is 1660. The van der Waals surface area contributed by atoms with Gasteiger partial charge in [0.15, 0.2) is 0 Å². The third kappa shape index (κ3) is 6.15. The monoisotopic (exact) mass is 630 g/mol. The Labute approximate surface area is 267 Å². The molecule has 3 aromatic rings. The number of hydrogen-bond donors (Lipinski definition) is 2. The topological polar surface area (TPSA) is 101 Å². The molecule has 0 bridgehead atoms. The molecule has 8 nitrogen and oxygen atoms in total. The molecule has 4 atom stereocenters. The highest BCUT2D eigenvalue weighted by molar-refractivity contribution is 6.06. The van der Waals surface area contributed by atoms with Gasteiger partial charge in [-0.25, -0.2) is 13.8 Å². The Kier molecular flexibility index (Phi) is 8.67. The van der Waals surface area contributed by atoms with Crippen molar-refractivity contribution in [2.24, 2.45) is 5.92 Å². The Balaban J connectivity index is 0.00000117. The number of amides is 3. The van der Waals surface area contributed by atoms with Gasteiger partial charge in [-0.2, -0.15) is 0 Å². The second-order valence-corrected chi connectivity index (χ2v) is 13.2. The highest BCUT2D eigenvalue weighted by Gasteiger charge is 2.51. The smallest absolute Gasteiger partial charge is 0.244 e. The van der Waals surface area contributed by atoms with Gasteiger partial charge in [0.1, 0.15) is 24.0 Å². The van der Waals surface area contributed by atoms with Crippen molar-refractivity contribution in [3.63, 3.8) is 0 Å². The van der Waals surface area contributed by atoms with Crippen molar-refractivity contribution in [2.45, 2.75) is 82.8 Å². The number of aromatic nitrogens is 1. The van der Waals surface area contributed by atoms with Crippen molar-refractivity contribution in [2.75, 3.05) is 23.8 Å². The molecule has 10 heteroatoms. The zero-order valence-corrected chi connectivity index (χ0v) is 26.5. The number of carbonyl (C=O) groups is 3. The first-order chi connectivity index (χ1) is 22.0. The lowest BCUT2D eigenvalue weighted by Gasteiger charge is -2.48. The molecule has 2 fully saturated rings. The van der Waals surface area contributed by atoms with Gasteiger partial charge in [0, 0.05) is 36.5 Å². The lowest BCUT2D eigenvalue weighted by Crippen LogP contribution is -2.56. The maximum atomic E-state index is 14.3. The average Bonchev–Trinajstić information content (AvgIpc) is 3.82. The van der Waals surface area contributed by atoms with Crippen LogP contribution < -0.4 is 10.6 Å². The van der Waals surface area contributed by atoms with Gasteiger partial charge in [-0.15, -0.1) is 0 Å². The third-order valence-electron chi connectivity index (χ3n) is 9.58. The van der Waals surface area contributed by atoms with Gasteiger partial charge in [-0.3, -0.25) is 14.4 Å². The third-order valence-corrected chi connectivity index (χ3v) is 9.58. The van der Waals surface area contributed by atoms with Gasteiger partial charge < -0.3 is 20.3 Å². The summed E-state index contributed by atoms with van der Waals surface area (Å²) in [4.78, 5) is 45.8. The number of nitrogens with one attached hydrogen (secondary N) is 2. The van der Waals surface area contributed by atoms with Gasteiger partial charge in [0.05, 0.1) is 23.0 Å². The summed E-state index contributed by atoms with van der Waals surface area (Å²) in [6.45, 7) is 5.68. The fourth-order valence-corrected chi connectivity index (χ4v) is 6.81. The van der Waals surface area contributed by atoms with Gasteiger partial charge in [0.25, 0.3) is 0 Å². The van der Waals surface area contributed by atoms with Crippen LogP contribution in [0.5, 0.6) is 0 Å². The average molecular weight is 631 g/mol. The normalized spacial score (nSPS) is 25.8. The molecule has 0 radical (unpaired) electrons. The van der Waals surface area contributed by atoms with Gasteiger partial charge in [-0.1, -0.05) is 45.2 Å². The lowest BCUT2D eigenvalue weighted by atomic mass is 9.77. The Morgan fingerprint density at radius 2 is 1.78 bits per heavy atom. The van der Waals surface area contributed by atoms with E-state index < -0.39 is 40.5 Å². The summed E-state index contributed by atoms with van der Waals surface area (Å²) in [7, 11) is 0. The van der Waals surface area contributed by atoms with E-state index in [1.54, 1.807) is 19.2 Å². The van der Waals surface area contributed by atoms with Gasteiger partial charge in [0.2, 0.25) is 17.7 Å². The summed E-state index contributed by atoms with van der Waals surface area (Å²) in [5.41, 5.74) is 2.04. The zero-order valence-electron chi connectivity index (χ0n) is 26.5. The number of pyridine rings is 1. The molecule has 1 spiro atoms. The van der Waals surface area contributed by atoms with Gasteiger partial charge in [-0.05, 0) is 73.2 Å². The molecule has 2 N–H and O–H groups in total. The first kappa shape index (κ1) is 31.8. The SMILES string of the molecule is C1CC1.CCCOC1(C)CC(c2cc(F)cc(F)c2)N(CC(=O)Nc2ccc3c(c2)CC2(C3)C(=O)Nc3ncccc32)C(=O)C1C. The van der Waals surface area contributed by atoms with Crippen LogP contribution in [0.4, 0.5) is 20.3 Å². The number of piperidine rings is 1. The summed E-state index contributed by atoms with van der Waals surface area (Å²) in [5.74, 6) is -2.37. The van der Waals surface area contributed by atoms with Crippen LogP contribution in [0.15, 0.2) is 54.7 Å². The molecule has 2 aliphatic carbocycles. The zero-order chi connectivity index (χ0) is 32.6. The van der Waals surface area contributed by atoms with Crippen molar-refractivity contribution in [1.29, 1.82) is 0 Å². The van der Waals surface area contributed by atoms with Crippen LogP contribution in [0.2, 0.25) is 0 Å². The molecule has 4 aliphatic rings. The van der Waals surface area contributed by atoms with E-state index in [0.717, 1.165) is 29.2 Å². The molecule has 242 valence electrons. The largest absolute Gasteiger partial charge is 0.374 e. The molecular weight excluding hydrogens is 590 g/mol. The number of likely N-dealkylation sites (tertiary alicyclic amines) is 1. The summed E-state index contributed by atoms with van der Waals surface area (Å²) >= 11 is 0. The molecule has 4 unspecified atom stereocenters. The minimum atomic E-state index is -0.871. The Hall–Kier alpha value is -4.18. The van der Waals surface area contributed by atoms with Crippen LogP contribution in [-0.2, 0) is 37.4 Å². The molecule has 3 amide bonds. The fraction of sp³-hybridized carbons (Fsp3) is 0.444. The number of rotatable bonds is 7. The Morgan fingerprint density at radius 1 is 1.07 bits per heavy atom. The molecular formula is C36H40F2N4O4. The van der Waals surface area contributed by atoms with Crippen LogP contribution in [0.25, 0.3) is 0 Å². The number of fused-ring (bicyclic) bond motifs is 3. The quantitative estimate of drug-likeness (QED) is 0.322. The number of anilines is 2. The number of hydrogen-bond acceptors (Lipinski definition) is 5. The first-order valence-electron chi connectivity index (χ1n) is 16.1. The second-order valence-electron chi connectivity index (χ2n) is 13.2. The number of halogens is 2. The number of ether oxygens (including phenoxy) is 1. The molecule has 1 aromatic heterocycles. The minimum Gasteiger partial charge on any atom is -0.374 e. The van der Waals surface area contributed by atoms with E-state index in [4.69, 9.17) is 4.74 Å². The highest BCUT2D eigenvalue weighted by Crippen LogP contribution is 2.47. The maximum absolute atomic E-state index is 14.3. The fourth-order valence-electron chi connectivity index (χ4n) is 6.81. The first-order valence-corrected chi connectivity index (χ1v) is 16.1. The second kappa shape index (κ2) is 12.5. The molecule has 3 heterocycles. The highest BCUT2D eigenvalue weighted by atomic mass is 19.1. The molecule has 7 rings (SSSR count). The predicted octanol–water partition coefficient (Wildman–Crippen LogP) is 6.25. The van der Waals surface area contributed by atoms with Crippen molar-refractivity contribution in [3.05, 3.63) is 88.6 Å². The molecule has 1 saturated carbocycles. The van der Waals surface area contributed by atoms with Crippen molar-refractivity contribution < 1.29 is 27.9 Å². The van der Waals surface area contributed by atoms with E-state index in [0.29, 0.717) is 31.0 Å². The summed E-state index contributed by atoms with van der Waals surface area (Å²) in [6.07, 6.45) is 8.18. The Morgan fingerprint density at radius 3 is 2.48 bits per heavy atom. The van der Waals surface area contributed by atoms with Crippen LogP contribution in [0.3, 0.4) is 0 Å². The number of nitrogens with zero attached hydrogens (tertiary/aromatic N) is 2. The molecule has 1 saturated heterocycles. The molecule has 2 aliphatic heterocycles. The van der Waals surface area contributed by atoms with E-state index in [2.05, 4.69) is 15.6 Å². The maximum Gasteiger partial charge on any atom is 0.244 e.